The average Bonchev–Trinajstić information content (AvgIpc) is 2.86. The van der Waals surface area contributed by atoms with Crippen molar-refractivity contribution in [1.29, 1.82) is 0 Å². The summed E-state index contributed by atoms with van der Waals surface area (Å²) in [7, 11) is 0. The Balaban J connectivity index is -0.00000141. The Bertz CT molecular complexity index is 519. The van der Waals surface area contributed by atoms with Gasteiger partial charge in [0, 0.05) is 11.9 Å². The molecule has 0 atom stereocenters. The van der Waals surface area contributed by atoms with E-state index in [9.17, 15) is 9.59 Å². The Kier molecular flexibility index (Phi) is 39.3. The van der Waals surface area contributed by atoms with E-state index in [0.29, 0.717) is 52.5 Å². The molecule has 0 spiro atoms. The van der Waals surface area contributed by atoms with Crippen molar-refractivity contribution in [2.75, 3.05) is 66.1 Å². The van der Waals surface area contributed by atoms with E-state index in [1.54, 1.807) is 0 Å². The number of hydrogen-bond donors (Lipinski definition) is 0. The molecule has 0 aliphatic heterocycles. The normalized spacial score (nSPS) is 9.74. The van der Waals surface area contributed by atoms with Crippen LogP contribution < -0.4 is 10.2 Å². The minimum Gasteiger partial charge on any atom is -0.0653 e. The predicted octanol–water partition coefficient (Wildman–Crippen LogP) is 0.573. The molecule has 0 aromatic carbocycles. The van der Waals surface area contributed by atoms with Crippen molar-refractivity contribution in [2.45, 2.75) is 75.1 Å². The molecule has 0 saturated heterocycles. The molecule has 0 bridgehead atoms. The third-order valence-corrected chi connectivity index (χ3v) is 7.47. The van der Waals surface area contributed by atoms with Gasteiger partial charge in [0.15, 0.2) is 0 Å². The summed E-state index contributed by atoms with van der Waals surface area (Å²) in [6.07, 6.45) is 5.22. The minimum absolute atomic E-state index is 0.193. The van der Waals surface area contributed by atoms with Gasteiger partial charge in [-0.1, -0.05) is 26.7 Å². The number of ether oxygens (including phenoxy) is 6. The topological polar surface area (TPSA) is 170 Å². The van der Waals surface area contributed by atoms with Crippen LogP contribution in [0.15, 0.2) is 0 Å². The monoisotopic (exact) mass is 672 g/mol. The number of carbonyl (C=O) groups is 4. The third-order valence-electron chi connectivity index (χ3n) is 4.02. The quantitative estimate of drug-likeness (QED) is 0.0796. The Labute approximate surface area is 243 Å². The second-order valence-corrected chi connectivity index (χ2v) is 12.1. The number of esters is 2. The van der Waals surface area contributed by atoms with Gasteiger partial charge in [0.25, 0.3) is 0 Å². The first-order valence-electron chi connectivity index (χ1n) is 13.3. The van der Waals surface area contributed by atoms with E-state index < -0.39 is 33.1 Å². The summed E-state index contributed by atoms with van der Waals surface area (Å²) in [5, 5.41) is 17.8. The zero-order chi connectivity index (χ0) is 30.0. The first-order chi connectivity index (χ1) is 18.7. The molecule has 228 valence electrons. The molecule has 0 unspecified atom stereocenters. The number of aliphatic carboxylic acids is 2. The van der Waals surface area contributed by atoms with Gasteiger partial charge in [-0.3, -0.25) is 0 Å². The van der Waals surface area contributed by atoms with Crippen molar-refractivity contribution in [1.82, 2.24) is 0 Å². The Morgan fingerprint density at radius 3 is 1.13 bits per heavy atom. The molecule has 0 N–H and O–H groups in total. The van der Waals surface area contributed by atoms with Gasteiger partial charge in [0.2, 0.25) is 0 Å². The summed E-state index contributed by atoms with van der Waals surface area (Å²) in [5.74, 6) is -2.55. The number of hydrogen-bond acceptors (Lipinski definition) is 12. The van der Waals surface area contributed by atoms with Crippen molar-refractivity contribution < 1.29 is 57.8 Å². The average molecular weight is 671 g/mol. The van der Waals surface area contributed by atoms with Crippen LogP contribution in [0.5, 0.6) is 0 Å². The molecule has 39 heavy (non-hydrogen) atoms. The summed E-state index contributed by atoms with van der Waals surface area (Å²) in [4.78, 5) is 41.1. The summed E-state index contributed by atoms with van der Waals surface area (Å²) in [6.45, 7) is 11.2. The summed E-state index contributed by atoms with van der Waals surface area (Å²) in [6, 6.07) is 0. The predicted molar refractivity (Wildman–Crippen MR) is 141 cm³/mol. The fourth-order valence-corrected chi connectivity index (χ4v) is 5.10. The molecule has 0 radical (unpaired) electrons. The molecule has 0 aromatic rings. The van der Waals surface area contributed by atoms with Crippen LogP contribution in [0.4, 0.5) is 0 Å². The van der Waals surface area contributed by atoms with E-state index in [0.717, 1.165) is 61.6 Å². The molecule has 0 saturated carbocycles. The molecular formula is C26H48O12Sn. The molecule has 0 aliphatic carbocycles. The van der Waals surface area contributed by atoms with Crippen molar-refractivity contribution in [2.24, 2.45) is 0 Å². The number of carboxylic acids is 2. The van der Waals surface area contributed by atoms with Crippen LogP contribution in [0.25, 0.3) is 0 Å². The van der Waals surface area contributed by atoms with E-state index >= 15 is 0 Å². The van der Waals surface area contributed by atoms with Gasteiger partial charge < -0.3 is 19.8 Å². The fourth-order valence-electron chi connectivity index (χ4n) is 2.22. The Morgan fingerprint density at radius 2 is 0.821 bits per heavy atom. The molecule has 13 heteroatoms. The number of unbranched alkanes of at least 4 members (excludes halogenated alkanes) is 2. The number of carboxylic acid groups (broad SMARTS) is 2. The Hall–Kier alpha value is -1.48. The van der Waals surface area contributed by atoms with Gasteiger partial charge in [-0.25, -0.2) is 0 Å². The van der Waals surface area contributed by atoms with E-state index in [4.69, 9.17) is 48.2 Å². The van der Waals surface area contributed by atoms with Gasteiger partial charge in [-0.05, 0) is 13.8 Å². The third kappa shape index (κ3) is 53.5. The molecule has 0 aliphatic rings. The fraction of sp³-hybridized carbons (Fsp3) is 0.846. The van der Waals surface area contributed by atoms with Crippen LogP contribution in [-0.2, 0) is 47.6 Å². The molecule has 0 aromatic heterocycles. The summed E-state index contributed by atoms with van der Waals surface area (Å²) < 4.78 is 33.4. The van der Waals surface area contributed by atoms with Gasteiger partial charge >= 0.3 is 172 Å². The first kappa shape index (κ1) is 42.0. The van der Waals surface area contributed by atoms with E-state index in [2.05, 4.69) is 13.8 Å². The van der Waals surface area contributed by atoms with Gasteiger partial charge in [0.05, 0.1) is 0 Å². The smallest absolute Gasteiger partial charge is 0.0653 e. The second-order valence-electron chi connectivity index (χ2n) is 7.83. The number of rotatable bonds is 24. The Morgan fingerprint density at radius 1 is 0.538 bits per heavy atom. The molecule has 0 fully saturated rings. The van der Waals surface area contributed by atoms with E-state index in [1.165, 1.54) is 0 Å². The van der Waals surface area contributed by atoms with Crippen molar-refractivity contribution in [3.63, 3.8) is 0 Å². The maximum absolute atomic E-state index is 11.7. The van der Waals surface area contributed by atoms with Crippen LogP contribution >= 0.6 is 0 Å². The zero-order valence-corrected chi connectivity index (χ0v) is 27.0. The minimum atomic E-state index is -1.08. The van der Waals surface area contributed by atoms with Crippen molar-refractivity contribution in [3.05, 3.63) is 0 Å². The molecule has 0 rings (SSSR count). The van der Waals surface area contributed by atoms with Crippen LogP contribution in [-0.4, -0.2) is 111 Å². The standard InChI is InChI=1S/2C11H21O4.2C2H4O2.Sn/c2*1-3-5-6-13-7-8-14-9-10-15-11(12)4-2;2*1-2(3)4;/h2*2-10H2,1H3;2*1H3,(H,3,4);/q;;;;+2/p-2. The second kappa shape index (κ2) is 36.5. The van der Waals surface area contributed by atoms with Crippen LogP contribution in [0, 0.1) is 0 Å². The summed E-state index contributed by atoms with van der Waals surface area (Å²) >= 11 is -0.745. The van der Waals surface area contributed by atoms with Crippen LogP contribution in [0.3, 0.4) is 0 Å². The van der Waals surface area contributed by atoms with Crippen molar-refractivity contribution in [3.8, 4) is 0 Å². The van der Waals surface area contributed by atoms with Crippen LogP contribution in [0.1, 0.15) is 66.2 Å². The maximum atomic E-state index is 11.7. The molecular weight excluding hydrogens is 623 g/mol. The zero-order valence-electron chi connectivity index (χ0n) is 24.1. The summed E-state index contributed by atoms with van der Waals surface area (Å²) in [5.41, 5.74) is 0. The van der Waals surface area contributed by atoms with Gasteiger partial charge in [-0.2, -0.15) is 0 Å². The van der Waals surface area contributed by atoms with Crippen molar-refractivity contribution >= 4 is 45.0 Å². The van der Waals surface area contributed by atoms with E-state index in [-0.39, 0.29) is 25.2 Å². The van der Waals surface area contributed by atoms with E-state index in [1.807, 2.05) is 0 Å². The number of carbonyl (C=O) groups excluding carboxylic acids is 4. The molecule has 0 heterocycles. The SMILES string of the molecule is CC(=O)[O-].CC(=O)[O-].CCCCOCCOCCOC(=O)C[CH2][Sn+2][CH2]CC(=O)OCCOCCOCCCC. The van der Waals surface area contributed by atoms with Gasteiger partial charge in [-0.15, -0.1) is 0 Å². The molecule has 12 nitrogen and oxygen atoms in total. The first-order valence-corrected chi connectivity index (χ1v) is 17.4. The van der Waals surface area contributed by atoms with Crippen LogP contribution in [0.2, 0.25) is 8.87 Å². The molecule has 0 amide bonds. The van der Waals surface area contributed by atoms with Gasteiger partial charge in [0.1, 0.15) is 0 Å².